The van der Waals surface area contributed by atoms with Gasteiger partial charge in [-0.05, 0) is 60.6 Å². The minimum atomic E-state index is -1.25. The van der Waals surface area contributed by atoms with Crippen molar-refractivity contribution in [2.75, 3.05) is 13.7 Å². The standard InChI is InChI=1S/C23H34O2.C2H4O3/c1-2-3-4-5-6-7-9-18-12-13-20-17-22-19(16-21(18)20)10-8-11-23(22)25-15-14-24;1-5-2(3)4/h8,10-11,14,18,20-21H,2-7,9,12-13,15-17H2,1H3;1H3,(H,3,4)/t18-,20+,21+;/m0./s1. The normalized spacial score (nSPS) is 21.6. The maximum Gasteiger partial charge on any atom is 0.505 e. The van der Waals surface area contributed by atoms with Gasteiger partial charge in [-0.1, -0.05) is 64.0 Å². The van der Waals surface area contributed by atoms with Crippen molar-refractivity contribution in [3.8, 4) is 5.75 Å². The summed E-state index contributed by atoms with van der Waals surface area (Å²) >= 11 is 0. The second kappa shape index (κ2) is 13.3. The number of aldehydes is 1. The highest BCUT2D eigenvalue weighted by Crippen LogP contribution is 2.48. The Labute approximate surface area is 181 Å². The Morgan fingerprint density at radius 3 is 2.57 bits per heavy atom. The van der Waals surface area contributed by atoms with Crippen molar-refractivity contribution in [3.63, 3.8) is 0 Å². The fraction of sp³-hybridized carbons (Fsp3) is 0.680. The topological polar surface area (TPSA) is 72.8 Å². The zero-order valence-corrected chi connectivity index (χ0v) is 18.6. The highest BCUT2D eigenvalue weighted by Gasteiger charge is 2.39. The fourth-order valence-corrected chi connectivity index (χ4v) is 5.18. The van der Waals surface area contributed by atoms with Crippen LogP contribution in [-0.2, 0) is 22.4 Å². The molecular formula is C25H38O5. The number of ether oxygens (including phenoxy) is 2. The van der Waals surface area contributed by atoms with Gasteiger partial charge in [-0.25, -0.2) is 4.79 Å². The summed E-state index contributed by atoms with van der Waals surface area (Å²) in [5.74, 6) is 3.59. The van der Waals surface area contributed by atoms with E-state index in [4.69, 9.17) is 14.6 Å². The second-order valence-electron chi connectivity index (χ2n) is 8.57. The van der Waals surface area contributed by atoms with Crippen LogP contribution in [0.15, 0.2) is 18.2 Å². The van der Waals surface area contributed by atoms with Crippen LogP contribution >= 0.6 is 0 Å². The van der Waals surface area contributed by atoms with Crippen LogP contribution in [0.2, 0.25) is 0 Å². The zero-order valence-electron chi connectivity index (χ0n) is 18.6. The van der Waals surface area contributed by atoms with Crippen molar-refractivity contribution in [1.82, 2.24) is 0 Å². The number of rotatable bonds is 10. The number of carboxylic acid groups (broad SMARTS) is 1. The van der Waals surface area contributed by atoms with Crippen LogP contribution in [-0.4, -0.2) is 31.3 Å². The Bertz CT molecular complexity index is 657. The molecule has 3 atom stereocenters. The minimum Gasteiger partial charge on any atom is -0.486 e. The van der Waals surface area contributed by atoms with Crippen molar-refractivity contribution in [3.05, 3.63) is 29.3 Å². The van der Waals surface area contributed by atoms with Crippen LogP contribution in [0.1, 0.15) is 75.8 Å². The third kappa shape index (κ3) is 7.33. The molecule has 30 heavy (non-hydrogen) atoms. The molecule has 1 saturated carbocycles. The van der Waals surface area contributed by atoms with E-state index in [9.17, 15) is 4.79 Å². The van der Waals surface area contributed by atoms with Crippen LogP contribution in [0, 0.1) is 17.8 Å². The van der Waals surface area contributed by atoms with Gasteiger partial charge in [0.05, 0.1) is 7.11 Å². The van der Waals surface area contributed by atoms with Gasteiger partial charge in [-0.2, -0.15) is 0 Å². The van der Waals surface area contributed by atoms with E-state index in [0.717, 1.165) is 43.3 Å². The number of carbonyl (C=O) groups is 2. The molecule has 0 unspecified atom stereocenters. The maximum atomic E-state index is 10.6. The third-order valence-electron chi connectivity index (χ3n) is 6.68. The van der Waals surface area contributed by atoms with Crippen LogP contribution in [0.5, 0.6) is 5.75 Å². The first-order valence-electron chi connectivity index (χ1n) is 11.5. The molecule has 3 rings (SSSR count). The van der Waals surface area contributed by atoms with Crippen molar-refractivity contribution in [2.45, 2.75) is 77.6 Å². The Kier molecular flexibility index (Phi) is 10.7. The van der Waals surface area contributed by atoms with E-state index in [1.807, 2.05) is 6.07 Å². The van der Waals surface area contributed by atoms with Crippen molar-refractivity contribution in [1.29, 1.82) is 0 Å². The van der Waals surface area contributed by atoms with E-state index in [2.05, 4.69) is 23.8 Å². The summed E-state index contributed by atoms with van der Waals surface area (Å²) in [5, 5.41) is 7.50. The van der Waals surface area contributed by atoms with Gasteiger partial charge in [0.1, 0.15) is 12.4 Å². The van der Waals surface area contributed by atoms with Gasteiger partial charge in [0, 0.05) is 0 Å². The van der Waals surface area contributed by atoms with Gasteiger partial charge in [-0.15, -0.1) is 0 Å². The Hall–Kier alpha value is -2.04. The molecule has 0 spiro atoms. The lowest BCUT2D eigenvalue weighted by Gasteiger charge is -2.32. The summed E-state index contributed by atoms with van der Waals surface area (Å²) < 4.78 is 9.34. The molecule has 1 N–H and O–H groups in total. The highest BCUT2D eigenvalue weighted by atomic mass is 16.6. The van der Waals surface area contributed by atoms with Crippen molar-refractivity contribution < 1.29 is 24.2 Å². The first-order valence-corrected chi connectivity index (χ1v) is 11.5. The zero-order chi connectivity index (χ0) is 21.8. The van der Waals surface area contributed by atoms with Crippen LogP contribution in [0.25, 0.3) is 0 Å². The molecule has 5 heteroatoms. The SMILES string of the molecule is CCCCCCCC[C@H]1CC[C@@H]2Cc3c(cccc3OCC=O)C[C@H]12.COC(=O)O. The number of carbonyl (C=O) groups excluding carboxylic acids is 1. The smallest absolute Gasteiger partial charge is 0.486 e. The lowest BCUT2D eigenvalue weighted by atomic mass is 9.73. The maximum absolute atomic E-state index is 10.6. The molecule has 1 aromatic rings. The average molecular weight is 419 g/mol. The number of unbranched alkanes of at least 4 members (excludes halogenated alkanes) is 5. The van der Waals surface area contributed by atoms with Crippen LogP contribution in [0.3, 0.4) is 0 Å². The summed E-state index contributed by atoms with van der Waals surface area (Å²) in [5.41, 5.74) is 2.85. The van der Waals surface area contributed by atoms with Crippen molar-refractivity contribution in [2.24, 2.45) is 17.8 Å². The molecule has 0 radical (unpaired) electrons. The monoisotopic (exact) mass is 418 g/mol. The highest BCUT2D eigenvalue weighted by molar-refractivity contribution is 5.56. The molecule has 168 valence electrons. The first-order chi connectivity index (χ1) is 14.6. The van der Waals surface area contributed by atoms with Gasteiger partial charge in [0.2, 0.25) is 0 Å². The molecule has 0 aromatic heterocycles. The van der Waals surface area contributed by atoms with E-state index in [-0.39, 0.29) is 6.61 Å². The van der Waals surface area contributed by atoms with Crippen LogP contribution in [0.4, 0.5) is 4.79 Å². The molecule has 0 amide bonds. The molecular weight excluding hydrogens is 380 g/mol. The summed E-state index contributed by atoms with van der Waals surface area (Å²) in [6.07, 6.45) is 14.6. The molecule has 1 fully saturated rings. The summed E-state index contributed by atoms with van der Waals surface area (Å²) in [6.45, 7) is 2.46. The molecule has 0 aliphatic heterocycles. The first kappa shape index (κ1) is 24.2. The molecule has 2 aliphatic rings. The second-order valence-corrected chi connectivity index (χ2v) is 8.57. The molecule has 0 saturated heterocycles. The van der Waals surface area contributed by atoms with E-state index in [0.29, 0.717) is 0 Å². The Morgan fingerprint density at radius 1 is 1.13 bits per heavy atom. The predicted octanol–water partition coefficient (Wildman–Crippen LogP) is 6.07. The largest absolute Gasteiger partial charge is 0.505 e. The molecule has 0 bridgehead atoms. The van der Waals surface area contributed by atoms with Gasteiger partial charge in [0.15, 0.2) is 6.29 Å². The number of fused-ring (bicyclic) bond motifs is 2. The van der Waals surface area contributed by atoms with E-state index >= 15 is 0 Å². The van der Waals surface area contributed by atoms with Gasteiger partial charge < -0.3 is 14.6 Å². The van der Waals surface area contributed by atoms with E-state index in [1.54, 1.807) is 0 Å². The number of hydrogen-bond donors (Lipinski definition) is 1. The lowest BCUT2D eigenvalue weighted by molar-refractivity contribution is -0.109. The number of methoxy groups -OCH3 is 1. The fourth-order valence-electron chi connectivity index (χ4n) is 5.18. The lowest BCUT2D eigenvalue weighted by Crippen LogP contribution is -2.25. The average Bonchev–Trinajstić information content (AvgIpc) is 3.15. The van der Waals surface area contributed by atoms with Crippen LogP contribution < -0.4 is 4.74 Å². The third-order valence-corrected chi connectivity index (χ3v) is 6.68. The predicted molar refractivity (Wildman–Crippen MR) is 118 cm³/mol. The summed E-state index contributed by atoms with van der Waals surface area (Å²) in [6, 6.07) is 6.40. The Morgan fingerprint density at radius 2 is 1.87 bits per heavy atom. The Balaban J connectivity index is 0.000000575. The van der Waals surface area contributed by atoms with Gasteiger partial charge in [0.25, 0.3) is 0 Å². The minimum absolute atomic E-state index is 0.172. The van der Waals surface area contributed by atoms with Gasteiger partial charge >= 0.3 is 6.16 Å². The molecule has 2 aliphatic carbocycles. The number of benzene rings is 1. The summed E-state index contributed by atoms with van der Waals surface area (Å²) in [4.78, 5) is 19.8. The molecule has 1 aromatic carbocycles. The van der Waals surface area contributed by atoms with Gasteiger partial charge in [-0.3, -0.25) is 4.79 Å². The van der Waals surface area contributed by atoms with E-state index in [1.165, 1.54) is 75.3 Å². The summed E-state index contributed by atoms with van der Waals surface area (Å²) in [7, 11) is 1.10. The molecule has 0 heterocycles. The van der Waals surface area contributed by atoms with Crippen molar-refractivity contribution >= 4 is 12.4 Å². The number of hydrogen-bond acceptors (Lipinski definition) is 4. The molecule has 5 nitrogen and oxygen atoms in total. The van der Waals surface area contributed by atoms with E-state index < -0.39 is 6.16 Å². The quantitative estimate of drug-likeness (QED) is 0.284.